The quantitative estimate of drug-likeness (QED) is 0.638. The first-order valence-corrected chi connectivity index (χ1v) is 10.5. The van der Waals surface area contributed by atoms with E-state index < -0.39 is 0 Å². The fourth-order valence-corrected chi connectivity index (χ4v) is 5.17. The minimum Gasteiger partial charge on any atom is -0.493 e. The van der Waals surface area contributed by atoms with E-state index >= 15 is 0 Å². The van der Waals surface area contributed by atoms with Crippen molar-refractivity contribution < 1.29 is 9.47 Å². The molecule has 0 saturated carbocycles. The average molecular weight is 448 g/mol. The highest BCUT2D eigenvalue weighted by atomic mass is 79.9. The Hall–Kier alpha value is -1.67. The number of hydrogen-bond acceptors (Lipinski definition) is 6. The van der Waals surface area contributed by atoms with E-state index in [2.05, 4.69) is 50.4 Å². The summed E-state index contributed by atoms with van der Waals surface area (Å²) in [6, 6.07) is 12.4. The van der Waals surface area contributed by atoms with E-state index in [4.69, 9.17) is 14.5 Å². The van der Waals surface area contributed by atoms with Crippen molar-refractivity contribution in [3.63, 3.8) is 0 Å². The first-order valence-electron chi connectivity index (χ1n) is 8.93. The van der Waals surface area contributed by atoms with Gasteiger partial charge in [-0.2, -0.15) is 0 Å². The maximum absolute atomic E-state index is 5.57. The second kappa shape index (κ2) is 8.14. The molecular formula is C20H22BrN3O2S. The van der Waals surface area contributed by atoms with E-state index in [1.54, 1.807) is 25.6 Å². The number of rotatable bonds is 5. The van der Waals surface area contributed by atoms with Crippen LogP contribution in [-0.4, -0.2) is 50.3 Å². The zero-order valence-corrected chi connectivity index (χ0v) is 17.8. The lowest BCUT2D eigenvalue weighted by molar-refractivity contribution is 0.197. The molecule has 4 rings (SSSR count). The third-order valence-corrected chi connectivity index (χ3v) is 6.63. The van der Waals surface area contributed by atoms with Gasteiger partial charge >= 0.3 is 0 Å². The van der Waals surface area contributed by atoms with Crippen molar-refractivity contribution in [2.24, 2.45) is 0 Å². The van der Waals surface area contributed by atoms with Crippen LogP contribution in [0.4, 0.5) is 0 Å². The van der Waals surface area contributed by atoms with Crippen LogP contribution >= 0.6 is 27.3 Å². The van der Waals surface area contributed by atoms with Gasteiger partial charge in [-0.05, 0) is 29.8 Å². The molecule has 5 nitrogen and oxygen atoms in total. The molecule has 0 radical (unpaired) electrons. The minimum absolute atomic E-state index is 0.0682. The normalized spacial score (nSPS) is 16.4. The summed E-state index contributed by atoms with van der Waals surface area (Å²) in [5.41, 5.74) is 2.20. The molecule has 1 atom stereocenters. The lowest BCUT2D eigenvalue weighted by atomic mass is 10.0. The topological polar surface area (TPSA) is 46.6 Å². The van der Waals surface area contributed by atoms with E-state index in [0.29, 0.717) is 0 Å². The number of piperazine rings is 1. The Bertz CT molecular complexity index is 907. The number of halogens is 1. The van der Waals surface area contributed by atoms with Crippen LogP contribution in [0.15, 0.2) is 40.9 Å². The molecule has 1 saturated heterocycles. The van der Waals surface area contributed by atoms with Gasteiger partial charge in [-0.1, -0.05) is 28.1 Å². The van der Waals surface area contributed by atoms with Crippen LogP contribution in [0, 0.1) is 0 Å². The molecule has 0 bridgehead atoms. The lowest BCUT2D eigenvalue weighted by Gasteiger charge is -2.34. The Morgan fingerprint density at radius 2 is 1.81 bits per heavy atom. The first kappa shape index (κ1) is 18.7. The van der Waals surface area contributed by atoms with Crippen LogP contribution in [-0.2, 0) is 0 Å². The van der Waals surface area contributed by atoms with Gasteiger partial charge in [0.1, 0.15) is 5.01 Å². The first-order chi connectivity index (χ1) is 13.2. The molecule has 3 aromatic rings. The molecule has 0 amide bonds. The number of ether oxygens (including phenoxy) is 2. The molecule has 142 valence electrons. The summed E-state index contributed by atoms with van der Waals surface area (Å²) in [4.78, 5) is 7.45. The molecule has 1 N–H and O–H groups in total. The summed E-state index contributed by atoms with van der Waals surface area (Å²) in [5, 5.41) is 4.54. The van der Waals surface area contributed by atoms with Crippen molar-refractivity contribution in [3.8, 4) is 11.5 Å². The molecular weight excluding hydrogens is 426 g/mol. The Kier molecular flexibility index (Phi) is 5.63. The predicted octanol–water partition coefficient (Wildman–Crippen LogP) is 4.07. The van der Waals surface area contributed by atoms with Crippen LogP contribution in [0.2, 0.25) is 0 Å². The molecule has 7 heteroatoms. The number of aromatic nitrogens is 1. The van der Waals surface area contributed by atoms with Gasteiger partial charge in [0.05, 0.1) is 30.5 Å². The summed E-state index contributed by atoms with van der Waals surface area (Å²) in [7, 11) is 3.33. The van der Waals surface area contributed by atoms with Gasteiger partial charge in [-0.3, -0.25) is 4.90 Å². The molecule has 1 aliphatic rings. The highest BCUT2D eigenvalue weighted by Gasteiger charge is 2.29. The molecule has 1 aromatic heterocycles. The number of fused-ring (bicyclic) bond motifs is 1. The standard InChI is InChI=1S/C20H22BrN3O2S/c1-25-16-11-13(14(21)12-17(16)26-2)19(24-9-7-22-8-10-24)20-23-15-5-3-4-6-18(15)27-20/h3-6,11-12,19,22H,7-10H2,1-2H3. The van der Waals surface area contributed by atoms with Gasteiger partial charge in [0, 0.05) is 30.7 Å². The maximum atomic E-state index is 5.57. The third kappa shape index (κ3) is 3.69. The zero-order chi connectivity index (χ0) is 18.8. The van der Waals surface area contributed by atoms with Gasteiger partial charge in [-0.25, -0.2) is 4.98 Å². The molecule has 1 aliphatic heterocycles. The van der Waals surface area contributed by atoms with Crippen LogP contribution in [0.3, 0.4) is 0 Å². The van der Waals surface area contributed by atoms with Crippen LogP contribution in [0.5, 0.6) is 11.5 Å². The monoisotopic (exact) mass is 447 g/mol. The number of nitrogens with one attached hydrogen (secondary N) is 1. The fourth-order valence-electron chi connectivity index (χ4n) is 3.51. The highest BCUT2D eigenvalue weighted by molar-refractivity contribution is 9.10. The van der Waals surface area contributed by atoms with Gasteiger partial charge in [0.25, 0.3) is 0 Å². The van der Waals surface area contributed by atoms with Gasteiger partial charge in [0.15, 0.2) is 11.5 Å². The molecule has 0 spiro atoms. The maximum Gasteiger partial charge on any atom is 0.161 e. The number of hydrogen-bond donors (Lipinski definition) is 1. The Morgan fingerprint density at radius 3 is 2.52 bits per heavy atom. The van der Waals surface area contributed by atoms with Gasteiger partial charge in [-0.15, -0.1) is 11.3 Å². The van der Waals surface area contributed by atoms with Crippen molar-refractivity contribution in [3.05, 3.63) is 51.4 Å². The summed E-state index contributed by atoms with van der Waals surface area (Å²) >= 11 is 5.52. The van der Waals surface area contributed by atoms with E-state index in [9.17, 15) is 0 Å². The van der Waals surface area contributed by atoms with E-state index in [-0.39, 0.29) is 6.04 Å². The third-order valence-electron chi connectivity index (χ3n) is 4.86. The second-order valence-electron chi connectivity index (χ2n) is 6.44. The van der Waals surface area contributed by atoms with E-state index in [1.165, 1.54) is 4.70 Å². The Balaban J connectivity index is 1.85. The van der Waals surface area contributed by atoms with Crippen molar-refractivity contribution in [2.75, 3.05) is 40.4 Å². The summed E-state index contributed by atoms with van der Waals surface area (Å²) in [6.07, 6.45) is 0. The van der Waals surface area contributed by atoms with Crippen LogP contribution in [0.1, 0.15) is 16.6 Å². The predicted molar refractivity (Wildman–Crippen MR) is 113 cm³/mol. The largest absolute Gasteiger partial charge is 0.493 e. The highest BCUT2D eigenvalue weighted by Crippen LogP contribution is 2.42. The van der Waals surface area contributed by atoms with Crippen molar-refractivity contribution in [1.82, 2.24) is 15.2 Å². The number of benzene rings is 2. The summed E-state index contributed by atoms with van der Waals surface area (Å²) < 4.78 is 13.2. The van der Waals surface area contributed by atoms with Crippen LogP contribution in [0.25, 0.3) is 10.2 Å². The van der Waals surface area contributed by atoms with Crippen LogP contribution < -0.4 is 14.8 Å². The van der Waals surface area contributed by atoms with Crippen molar-refractivity contribution in [2.45, 2.75) is 6.04 Å². The summed E-state index contributed by atoms with van der Waals surface area (Å²) in [5.74, 6) is 1.45. The van der Waals surface area contributed by atoms with Crippen molar-refractivity contribution >= 4 is 37.5 Å². The molecule has 1 fully saturated rings. The molecule has 1 unspecified atom stereocenters. The van der Waals surface area contributed by atoms with Crippen molar-refractivity contribution in [1.29, 1.82) is 0 Å². The number of methoxy groups -OCH3 is 2. The Labute approximate surface area is 171 Å². The molecule has 27 heavy (non-hydrogen) atoms. The van der Waals surface area contributed by atoms with E-state index in [1.807, 2.05) is 12.1 Å². The Morgan fingerprint density at radius 1 is 1.11 bits per heavy atom. The summed E-state index contributed by atoms with van der Waals surface area (Å²) in [6.45, 7) is 3.90. The molecule has 0 aliphatic carbocycles. The zero-order valence-electron chi connectivity index (χ0n) is 15.4. The smallest absolute Gasteiger partial charge is 0.161 e. The lowest BCUT2D eigenvalue weighted by Crippen LogP contribution is -2.45. The average Bonchev–Trinajstić information content (AvgIpc) is 3.13. The second-order valence-corrected chi connectivity index (χ2v) is 8.35. The fraction of sp³-hybridized carbons (Fsp3) is 0.350. The number of nitrogens with zero attached hydrogens (tertiary/aromatic N) is 2. The minimum atomic E-state index is 0.0682. The molecule has 2 aromatic carbocycles. The number of para-hydroxylation sites is 1. The SMILES string of the molecule is COc1cc(Br)c(C(c2nc3ccccc3s2)N2CCNCC2)cc1OC. The van der Waals surface area contributed by atoms with Gasteiger partial charge in [0.2, 0.25) is 0 Å². The van der Waals surface area contributed by atoms with E-state index in [0.717, 1.165) is 58.2 Å². The molecule has 2 heterocycles. The van der Waals surface area contributed by atoms with Gasteiger partial charge < -0.3 is 14.8 Å². The number of thiazole rings is 1.